The first-order valence-corrected chi connectivity index (χ1v) is 8.88. The predicted octanol–water partition coefficient (Wildman–Crippen LogP) is 0.529. The summed E-state index contributed by atoms with van der Waals surface area (Å²) < 4.78 is 27.4. The van der Waals surface area contributed by atoms with E-state index in [-0.39, 0.29) is 11.3 Å². The molecule has 2 aliphatic rings. The molecule has 0 amide bonds. The third-order valence-corrected chi connectivity index (χ3v) is 6.23. The third-order valence-electron chi connectivity index (χ3n) is 4.34. The molecule has 5 nitrogen and oxygen atoms in total. The molecular formula is C13H27N3O2S. The van der Waals surface area contributed by atoms with E-state index in [1.807, 2.05) is 0 Å². The van der Waals surface area contributed by atoms with E-state index in [1.165, 1.54) is 12.8 Å². The van der Waals surface area contributed by atoms with Gasteiger partial charge in [-0.1, -0.05) is 0 Å². The summed E-state index contributed by atoms with van der Waals surface area (Å²) in [6.07, 6.45) is 4.18. The molecule has 0 aromatic heterocycles. The van der Waals surface area contributed by atoms with Crippen molar-refractivity contribution in [1.82, 2.24) is 14.9 Å². The van der Waals surface area contributed by atoms with Crippen LogP contribution in [-0.2, 0) is 10.0 Å². The first-order valence-electron chi connectivity index (χ1n) is 7.33. The zero-order valence-corrected chi connectivity index (χ0v) is 13.0. The van der Waals surface area contributed by atoms with Crippen molar-refractivity contribution >= 4 is 10.0 Å². The van der Waals surface area contributed by atoms with Crippen molar-refractivity contribution in [3.8, 4) is 0 Å². The van der Waals surface area contributed by atoms with Gasteiger partial charge in [-0.3, -0.25) is 0 Å². The standard InChI is InChI=1S/C13H27N3O2S/c1-10-8-13(6-7-16(10)3)15-19(17,18)11(2)9-14-12-4-5-12/h10-15H,4-9H2,1-3H3. The maximum atomic E-state index is 12.3. The molecule has 3 atom stereocenters. The van der Waals surface area contributed by atoms with Gasteiger partial charge in [-0.15, -0.1) is 0 Å². The lowest BCUT2D eigenvalue weighted by Gasteiger charge is -2.35. The second-order valence-corrected chi connectivity index (χ2v) is 8.34. The highest BCUT2D eigenvalue weighted by Gasteiger charge is 2.30. The Hall–Kier alpha value is -0.170. The Balaban J connectivity index is 1.81. The van der Waals surface area contributed by atoms with E-state index >= 15 is 0 Å². The van der Waals surface area contributed by atoms with Crippen LogP contribution in [0.5, 0.6) is 0 Å². The quantitative estimate of drug-likeness (QED) is 0.749. The highest BCUT2D eigenvalue weighted by molar-refractivity contribution is 7.90. The van der Waals surface area contributed by atoms with Gasteiger partial charge in [0.2, 0.25) is 10.0 Å². The molecule has 2 fully saturated rings. The van der Waals surface area contributed by atoms with Crippen molar-refractivity contribution in [3.63, 3.8) is 0 Å². The number of hydrogen-bond donors (Lipinski definition) is 2. The number of nitrogens with zero attached hydrogens (tertiary/aromatic N) is 1. The predicted molar refractivity (Wildman–Crippen MR) is 77.7 cm³/mol. The van der Waals surface area contributed by atoms with Crippen LogP contribution in [0.2, 0.25) is 0 Å². The number of sulfonamides is 1. The topological polar surface area (TPSA) is 61.4 Å². The molecule has 6 heteroatoms. The molecule has 0 aromatic rings. The molecule has 3 unspecified atom stereocenters. The van der Waals surface area contributed by atoms with E-state index in [1.54, 1.807) is 6.92 Å². The van der Waals surface area contributed by atoms with Gasteiger partial charge in [0.25, 0.3) is 0 Å². The molecule has 112 valence electrons. The van der Waals surface area contributed by atoms with Gasteiger partial charge >= 0.3 is 0 Å². The SMILES string of the molecule is CC1CC(NS(=O)(=O)C(C)CNC2CC2)CCN1C. The van der Waals surface area contributed by atoms with E-state index in [0.29, 0.717) is 18.6 Å². The lowest BCUT2D eigenvalue weighted by atomic mass is 10.0. The fraction of sp³-hybridized carbons (Fsp3) is 1.00. The fourth-order valence-electron chi connectivity index (χ4n) is 2.47. The van der Waals surface area contributed by atoms with Crippen LogP contribution in [0.3, 0.4) is 0 Å². The van der Waals surface area contributed by atoms with E-state index in [4.69, 9.17) is 0 Å². The first-order chi connectivity index (χ1) is 8.88. The van der Waals surface area contributed by atoms with Gasteiger partial charge in [0, 0.05) is 24.7 Å². The lowest BCUT2D eigenvalue weighted by molar-refractivity contribution is 0.178. The Kier molecular flexibility index (Phi) is 4.87. The van der Waals surface area contributed by atoms with Gasteiger partial charge in [-0.25, -0.2) is 13.1 Å². The molecule has 0 spiro atoms. The Labute approximate surface area is 117 Å². The van der Waals surface area contributed by atoms with Crippen molar-refractivity contribution in [1.29, 1.82) is 0 Å². The smallest absolute Gasteiger partial charge is 0.215 e. The Morgan fingerprint density at radius 1 is 1.26 bits per heavy atom. The molecule has 0 bridgehead atoms. The van der Waals surface area contributed by atoms with Crippen molar-refractivity contribution in [3.05, 3.63) is 0 Å². The summed E-state index contributed by atoms with van der Waals surface area (Å²) in [6.45, 7) is 5.46. The van der Waals surface area contributed by atoms with Gasteiger partial charge in [0.05, 0.1) is 5.25 Å². The van der Waals surface area contributed by atoms with Crippen LogP contribution < -0.4 is 10.0 Å². The van der Waals surface area contributed by atoms with Crippen LogP contribution in [0.25, 0.3) is 0 Å². The summed E-state index contributed by atoms with van der Waals surface area (Å²) in [6, 6.07) is 1.10. The summed E-state index contributed by atoms with van der Waals surface area (Å²) >= 11 is 0. The molecule has 2 rings (SSSR count). The molecule has 1 heterocycles. The average Bonchev–Trinajstić information content (AvgIpc) is 3.14. The van der Waals surface area contributed by atoms with E-state index in [2.05, 4.69) is 28.9 Å². The minimum atomic E-state index is -3.20. The molecule has 0 radical (unpaired) electrons. The number of piperidine rings is 1. The molecular weight excluding hydrogens is 262 g/mol. The number of likely N-dealkylation sites (tertiary alicyclic amines) is 1. The second kappa shape index (κ2) is 6.08. The normalized spacial score (nSPS) is 31.3. The molecule has 1 saturated heterocycles. The number of hydrogen-bond acceptors (Lipinski definition) is 4. The Morgan fingerprint density at radius 3 is 2.53 bits per heavy atom. The lowest BCUT2D eigenvalue weighted by Crippen LogP contribution is -2.50. The summed E-state index contributed by atoms with van der Waals surface area (Å²) in [7, 11) is -1.10. The van der Waals surface area contributed by atoms with Crippen LogP contribution in [0.4, 0.5) is 0 Å². The van der Waals surface area contributed by atoms with Gasteiger partial charge in [0.1, 0.15) is 0 Å². The highest BCUT2D eigenvalue weighted by Crippen LogP contribution is 2.19. The van der Waals surface area contributed by atoms with Gasteiger partial charge in [-0.05, 0) is 53.1 Å². The van der Waals surface area contributed by atoms with Crippen molar-refractivity contribution in [2.24, 2.45) is 0 Å². The Bertz CT molecular complexity index is 395. The zero-order chi connectivity index (χ0) is 14.0. The number of rotatable bonds is 6. The summed E-state index contributed by atoms with van der Waals surface area (Å²) in [5, 5.41) is 2.93. The largest absolute Gasteiger partial charge is 0.313 e. The first kappa shape index (κ1) is 15.2. The monoisotopic (exact) mass is 289 g/mol. The average molecular weight is 289 g/mol. The summed E-state index contributed by atoms with van der Waals surface area (Å²) in [5.41, 5.74) is 0. The van der Waals surface area contributed by atoms with Gasteiger partial charge in [0.15, 0.2) is 0 Å². The summed E-state index contributed by atoms with van der Waals surface area (Å²) in [5.74, 6) is 0. The Morgan fingerprint density at radius 2 is 1.95 bits per heavy atom. The summed E-state index contributed by atoms with van der Waals surface area (Å²) in [4.78, 5) is 2.28. The molecule has 1 aliphatic carbocycles. The van der Waals surface area contributed by atoms with Crippen LogP contribution >= 0.6 is 0 Å². The minimum absolute atomic E-state index is 0.0968. The number of nitrogens with one attached hydrogen (secondary N) is 2. The van der Waals surface area contributed by atoms with Gasteiger partial charge < -0.3 is 10.2 Å². The van der Waals surface area contributed by atoms with Crippen molar-refractivity contribution < 1.29 is 8.42 Å². The maximum Gasteiger partial charge on any atom is 0.215 e. The molecule has 1 saturated carbocycles. The van der Waals surface area contributed by atoms with Crippen LogP contribution in [-0.4, -0.2) is 56.8 Å². The molecule has 0 aromatic carbocycles. The minimum Gasteiger partial charge on any atom is -0.313 e. The fourth-order valence-corrected chi connectivity index (χ4v) is 3.70. The van der Waals surface area contributed by atoms with E-state index in [0.717, 1.165) is 19.4 Å². The maximum absolute atomic E-state index is 12.3. The van der Waals surface area contributed by atoms with Crippen molar-refractivity contribution in [2.45, 2.75) is 62.9 Å². The highest BCUT2D eigenvalue weighted by atomic mass is 32.2. The van der Waals surface area contributed by atoms with E-state index < -0.39 is 10.0 Å². The molecule has 2 N–H and O–H groups in total. The van der Waals surface area contributed by atoms with Crippen molar-refractivity contribution in [2.75, 3.05) is 20.1 Å². The van der Waals surface area contributed by atoms with Gasteiger partial charge in [-0.2, -0.15) is 0 Å². The zero-order valence-electron chi connectivity index (χ0n) is 12.2. The van der Waals surface area contributed by atoms with Crippen LogP contribution in [0, 0.1) is 0 Å². The molecule has 1 aliphatic heterocycles. The molecule has 19 heavy (non-hydrogen) atoms. The second-order valence-electron chi connectivity index (χ2n) is 6.21. The van der Waals surface area contributed by atoms with Crippen LogP contribution in [0.1, 0.15) is 39.5 Å². The third kappa shape index (κ3) is 4.41. The van der Waals surface area contributed by atoms with E-state index in [9.17, 15) is 8.42 Å². The van der Waals surface area contributed by atoms with Crippen LogP contribution in [0.15, 0.2) is 0 Å².